The molecule has 2 N–H and O–H groups in total. The molecular weight excluding hydrogens is 373 g/mol. The molecule has 28 heavy (non-hydrogen) atoms. The van der Waals surface area contributed by atoms with Crippen molar-refractivity contribution in [2.45, 2.75) is 44.7 Å². The lowest BCUT2D eigenvalue weighted by molar-refractivity contribution is -0.136. The normalized spacial score (nSPS) is 14.8. The van der Waals surface area contributed by atoms with Crippen LogP contribution in [0.2, 0.25) is 0 Å². The summed E-state index contributed by atoms with van der Waals surface area (Å²) in [6, 6.07) is 6.16. The van der Waals surface area contributed by atoms with Gasteiger partial charge in [0.25, 0.3) is 5.91 Å². The van der Waals surface area contributed by atoms with E-state index in [1.165, 1.54) is 24.5 Å². The van der Waals surface area contributed by atoms with Crippen LogP contribution in [-0.4, -0.2) is 11.8 Å². The lowest BCUT2D eigenvalue weighted by Gasteiger charge is -2.16. The SMILES string of the molecule is O=C(CCC1CCCC1)Nc1ccc(NC(=O)c2ccco2)cc1C(F)(F)F. The third-order valence-electron chi connectivity index (χ3n) is 4.86. The van der Waals surface area contributed by atoms with Gasteiger partial charge in [0.05, 0.1) is 17.5 Å². The Morgan fingerprint density at radius 2 is 1.86 bits per heavy atom. The summed E-state index contributed by atoms with van der Waals surface area (Å²) >= 11 is 0. The van der Waals surface area contributed by atoms with Crippen LogP contribution in [0.1, 0.15) is 54.6 Å². The summed E-state index contributed by atoms with van der Waals surface area (Å²) in [5, 5.41) is 4.71. The second kappa shape index (κ2) is 8.50. The lowest BCUT2D eigenvalue weighted by atomic mass is 10.0. The Balaban J connectivity index is 1.69. The Bertz CT molecular complexity index is 826. The van der Waals surface area contributed by atoms with Gasteiger partial charge >= 0.3 is 6.18 Å². The smallest absolute Gasteiger partial charge is 0.418 e. The number of hydrogen-bond acceptors (Lipinski definition) is 3. The zero-order chi connectivity index (χ0) is 20.1. The van der Waals surface area contributed by atoms with Crippen molar-refractivity contribution < 1.29 is 27.2 Å². The minimum absolute atomic E-state index is 0.0159. The molecule has 1 aliphatic carbocycles. The maximum Gasteiger partial charge on any atom is 0.418 e. The van der Waals surface area contributed by atoms with Crippen LogP contribution in [0, 0.1) is 5.92 Å². The van der Waals surface area contributed by atoms with Crippen molar-refractivity contribution >= 4 is 23.2 Å². The molecule has 0 atom stereocenters. The van der Waals surface area contributed by atoms with Gasteiger partial charge in [-0.3, -0.25) is 9.59 Å². The van der Waals surface area contributed by atoms with E-state index < -0.39 is 23.6 Å². The summed E-state index contributed by atoms with van der Waals surface area (Å²) in [5.41, 5.74) is -1.38. The van der Waals surface area contributed by atoms with Crippen LogP contribution in [0.4, 0.5) is 24.5 Å². The van der Waals surface area contributed by atoms with Crippen LogP contribution in [-0.2, 0) is 11.0 Å². The summed E-state index contributed by atoms with van der Waals surface area (Å²) in [6.07, 6.45) is 1.94. The number of carbonyl (C=O) groups excluding carboxylic acids is 2. The van der Waals surface area contributed by atoms with Crippen LogP contribution in [0.25, 0.3) is 0 Å². The average molecular weight is 394 g/mol. The van der Waals surface area contributed by atoms with E-state index in [0.29, 0.717) is 12.3 Å². The van der Waals surface area contributed by atoms with Crippen LogP contribution in [0.5, 0.6) is 0 Å². The standard InChI is InChI=1S/C20H21F3N2O3/c21-20(22,23)15-12-14(24-19(27)17-6-3-11-28-17)8-9-16(15)25-18(26)10-7-13-4-1-2-5-13/h3,6,8-9,11-13H,1-2,4-5,7,10H2,(H,24,27)(H,25,26). The second-order valence-corrected chi connectivity index (χ2v) is 6.93. The van der Waals surface area contributed by atoms with E-state index in [2.05, 4.69) is 10.6 Å². The predicted octanol–water partition coefficient (Wildman–Crippen LogP) is 5.46. The zero-order valence-electron chi connectivity index (χ0n) is 15.1. The first-order valence-electron chi connectivity index (χ1n) is 9.19. The molecule has 0 aliphatic heterocycles. The number of benzene rings is 1. The van der Waals surface area contributed by atoms with E-state index in [9.17, 15) is 22.8 Å². The Hall–Kier alpha value is -2.77. The van der Waals surface area contributed by atoms with E-state index in [-0.39, 0.29) is 23.6 Å². The molecule has 8 heteroatoms. The number of furan rings is 1. The monoisotopic (exact) mass is 394 g/mol. The van der Waals surface area contributed by atoms with Crippen LogP contribution in [0.15, 0.2) is 41.0 Å². The molecule has 1 saturated carbocycles. The van der Waals surface area contributed by atoms with Crippen LogP contribution >= 0.6 is 0 Å². The minimum Gasteiger partial charge on any atom is -0.459 e. The highest BCUT2D eigenvalue weighted by Gasteiger charge is 2.34. The molecule has 0 radical (unpaired) electrons. The average Bonchev–Trinajstić information content (AvgIpc) is 3.34. The van der Waals surface area contributed by atoms with Gasteiger partial charge in [-0.05, 0) is 42.7 Å². The summed E-state index contributed by atoms with van der Waals surface area (Å²) in [7, 11) is 0. The van der Waals surface area contributed by atoms with Crippen molar-refractivity contribution in [3.05, 3.63) is 47.9 Å². The number of rotatable bonds is 6. The number of halogens is 3. The molecule has 1 fully saturated rings. The summed E-state index contributed by atoms with van der Waals surface area (Å²) < 4.78 is 45.2. The molecule has 2 amide bonds. The van der Waals surface area contributed by atoms with Crippen LogP contribution < -0.4 is 10.6 Å². The summed E-state index contributed by atoms with van der Waals surface area (Å²) in [5.74, 6) is -0.638. The second-order valence-electron chi connectivity index (χ2n) is 6.93. The third-order valence-corrected chi connectivity index (χ3v) is 4.86. The molecule has 5 nitrogen and oxygen atoms in total. The largest absolute Gasteiger partial charge is 0.459 e. The number of amides is 2. The van der Waals surface area contributed by atoms with Gasteiger partial charge in [-0.1, -0.05) is 25.7 Å². The fourth-order valence-corrected chi connectivity index (χ4v) is 3.41. The van der Waals surface area contributed by atoms with E-state index in [0.717, 1.165) is 37.8 Å². The Morgan fingerprint density at radius 3 is 2.50 bits per heavy atom. The zero-order valence-corrected chi connectivity index (χ0v) is 15.1. The number of anilines is 2. The molecule has 150 valence electrons. The van der Waals surface area contributed by atoms with E-state index in [4.69, 9.17) is 4.42 Å². The quantitative estimate of drug-likeness (QED) is 0.683. The number of carbonyl (C=O) groups is 2. The number of alkyl halides is 3. The third kappa shape index (κ3) is 5.15. The fourth-order valence-electron chi connectivity index (χ4n) is 3.41. The molecule has 0 bridgehead atoms. The van der Waals surface area contributed by atoms with Gasteiger partial charge in [-0.2, -0.15) is 13.2 Å². The molecule has 1 aromatic heterocycles. The molecule has 0 saturated heterocycles. The first-order valence-corrected chi connectivity index (χ1v) is 9.19. The number of nitrogens with one attached hydrogen (secondary N) is 2. The molecule has 1 aliphatic rings. The minimum atomic E-state index is -4.68. The number of hydrogen-bond donors (Lipinski definition) is 2. The van der Waals surface area contributed by atoms with Gasteiger partial charge in [0.15, 0.2) is 5.76 Å². The van der Waals surface area contributed by atoms with Gasteiger partial charge in [-0.25, -0.2) is 0 Å². The summed E-state index contributed by atoms with van der Waals surface area (Å²) in [4.78, 5) is 24.1. The van der Waals surface area contributed by atoms with E-state index in [1.807, 2.05) is 0 Å². The van der Waals surface area contributed by atoms with Crippen molar-refractivity contribution in [1.82, 2.24) is 0 Å². The lowest BCUT2D eigenvalue weighted by Crippen LogP contribution is -2.18. The first kappa shape index (κ1) is 20.0. The van der Waals surface area contributed by atoms with Gasteiger partial charge in [0, 0.05) is 12.1 Å². The first-order chi connectivity index (χ1) is 13.3. The van der Waals surface area contributed by atoms with Crippen molar-refractivity contribution in [1.29, 1.82) is 0 Å². The highest BCUT2D eigenvalue weighted by atomic mass is 19.4. The Labute approximate surface area is 160 Å². The molecule has 1 aromatic carbocycles. The highest BCUT2D eigenvalue weighted by molar-refractivity contribution is 6.02. The predicted molar refractivity (Wildman–Crippen MR) is 97.9 cm³/mol. The van der Waals surface area contributed by atoms with Gasteiger partial charge in [0.2, 0.25) is 5.91 Å². The maximum atomic E-state index is 13.4. The van der Waals surface area contributed by atoms with Crippen molar-refractivity contribution in [3.8, 4) is 0 Å². The van der Waals surface area contributed by atoms with Crippen molar-refractivity contribution in [2.75, 3.05) is 10.6 Å². The van der Waals surface area contributed by atoms with Crippen LogP contribution in [0.3, 0.4) is 0 Å². The van der Waals surface area contributed by atoms with E-state index in [1.54, 1.807) is 0 Å². The molecule has 0 spiro atoms. The molecule has 3 rings (SSSR count). The molecule has 2 aromatic rings. The van der Waals surface area contributed by atoms with Gasteiger partial charge < -0.3 is 15.1 Å². The van der Waals surface area contributed by atoms with Crippen molar-refractivity contribution in [3.63, 3.8) is 0 Å². The van der Waals surface area contributed by atoms with Gasteiger partial charge in [-0.15, -0.1) is 0 Å². The van der Waals surface area contributed by atoms with Gasteiger partial charge in [0.1, 0.15) is 0 Å². The molecular formula is C20H21F3N2O3. The summed E-state index contributed by atoms with van der Waals surface area (Å²) in [6.45, 7) is 0. The molecule has 0 unspecified atom stereocenters. The maximum absolute atomic E-state index is 13.4. The van der Waals surface area contributed by atoms with Crippen molar-refractivity contribution in [2.24, 2.45) is 5.92 Å². The van der Waals surface area contributed by atoms with E-state index >= 15 is 0 Å². The molecule has 1 heterocycles. The topological polar surface area (TPSA) is 71.3 Å². The Morgan fingerprint density at radius 1 is 1.11 bits per heavy atom. The fraction of sp³-hybridized carbons (Fsp3) is 0.400. The highest BCUT2D eigenvalue weighted by Crippen LogP contribution is 2.37. The Kier molecular flexibility index (Phi) is 6.06.